The Morgan fingerprint density at radius 3 is 2.42 bits per heavy atom. The molecular weight excluding hydrogens is 286 g/mol. The van der Waals surface area contributed by atoms with Gasteiger partial charge in [-0.05, 0) is 54.5 Å². The van der Waals surface area contributed by atoms with E-state index in [2.05, 4.69) is 0 Å². The topological polar surface area (TPSA) is 0 Å². The minimum atomic E-state index is -0.552. The number of thioether (sulfide) groups is 1. The van der Waals surface area contributed by atoms with Crippen LogP contribution in [0.5, 0.6) is 0 Å². The van der Waals surface area contributed by atoms with Crippen molar-refractivity contribution in [3.63, 3.8) is 0 Å². The van der Waals surface area contributed by atoms with Crippen molar-refractivity contribution in [1.29, 1.82) is 0 Å². The van der Waals surface area contributed by atoms with Gasteiger partial charge in [-0.1, -0.05) is 17.7 Å². The quantitative estimate of drug-likeness (QED) is 0.706. The predicted octanol–water partition coefficient (Wildman–Crippen LogP) is 5.13. The van der Waals surface area contributed by atoms with E-state index in [0.717, 1.165) is 16.5 Å². The van der Waals surface area contributed by atoms with E-state index in [9.17, 15) is 8.78 Å². The Morgan fingerprint density at radius 1 is 1.00 bits per heavy atom. The molecule has 0 saturated carbocycles. The first kappa shape index (κ1) is 14.4. The third-order valence-corrected chi connectivity index (χ3v) is 4.03. The molecule has 0 radical (unpaired) electrons. The van der Waals surface area contributed by atoms with Crippen LogP contribution < -0.4 is 0 Å². The van der Waals surface area contributed by atoms with Crippen molar-refractivity contribution in [3.8, 4) is 0 Å². The third kappa shape index (κ3) is 3.71. The largest absolute Gasteiger partial charge is 0.207 e. The molecule has 0 nitrogen and oxygen atoms in total. The van der Waals surface area contributed by atoms with E-state index in [-0.39, 0.29) is 0 Å². The van der Waals surface area contributed by atoms with Crippen molar-refractivity contribution >= 4 is 23.4 Å². The number of rotatable bonds is 4. The van der Waals surface area contributed by atoms with Crippen LogP contribution in [0.25, 0.3) is 0 Å². The standard InChI is InChI=1S/C15H13ClF2S/c1-19-13-6-7-14(16)11(8-13)3-2-10-4-5-12(17)9-15(10)18/h4-9H,2-3H2,1H3. The molecule has 0 aliphatic carbocycles. The molecule has 0 aliphatic heterocycles. The molecule has 100 valence electrons. The van der Waals surface area contributed by atoms with Crippen LogP contribution in [0.3, 0.4) is 0 Å². The van der Waals surface area contributed by atoms with Crippen LogP contribution in [-0.4, -0.2) is 6.26 Å². The highest BCUT2D eigenvalue weighted by Gasteiger charge is 2.07. The molecule has 2 aromatic rings. The van der Waals surface area contributed by atoms with E-state index in [1.165, 1.54) is 12.1 Å². The molecule has 0 fully saturated rings. The number of halogens is 3. The molecule has 0 spiro atoms. The fourth-order valence-electron chi connectivity index (χ4n) is 1.86. The second-order valence-electron chi connectivity index (χ2n) is 4.19. The molecule has 19 heavy (non-hydrogen) atoms. The molecule has 0 amide bonds. The van der Waals surface area contributed by atoms with Gasteiger partial charge in [0.25, 0.3) is 0 Å². The van der Waals surface area contributed by atoms with E-state index in [1.807, 2.05) is 24.5 Å². The smallest absolute Gasteiger partial charge is 0.129 e. The van der Waals surface area contributed by atoms with Gasteiger partial charge in [-0.2, -0.15) is 0 Å². The van der Waals surface area contributed by atoms with Crippen LogP contribution in [-0.2, 0) is 12.8 Å². The predicted molar refractivity (Wildman–Crippen MR) is 77.0 cm³/mol. The monoisotopic (exact) mass is 298 g/mol. The molecular formula is C15H13ClF2S. The third-order valence-electron chi connectivity index (χ3n) is 2.93. The molecule has 0 heterocycles. The van der Waals surface area contributed by atoms with Gasteiger partial charge < -0.3 is 0 Å². The van der Waals surface area contributed by atoms with Crippen molar-refractivity contribution in [2.75, 3.05) is 6.26 Å². The average Bonchev–Trinajstić information content (AvgIpc) is 2.39. The van der Waals surface area contributed by atoms with Crippen molar-refractivity contribution in [2.24, 2.45) is 0 Å². The van der Waals surface area contributed by atoms with Crippen LogP contribution in [0.15, 0.2) is 41.3 Å². The summed E-state index contributed by atoms with van der Waals surface area (Å²) in [5.74, 6) is -1.05. The molecule has 0 aliphatic rings. The van der Waals surface area contributed by atoms with Crippen LogP contribution in [0, 0.1) is 11.6 Å². The van der Waals surface area contributed by atoms with E-state index in [4.69, 9.17) is 11.6 Å². The summed E-state index contributed by atoms with van der Waals surface area (Å²) in [7, 11) is 0. The Bertz CT molecular complexity index is 584. The Balaban J connectivity index is 2.14. The highest BCUT2D eigenvalue weighted by molar-refractivity contribution is 7.98. The van der Waals surface area contributed by atoms with E-state index < -0.39 is 11.6 Å². The summed E-state index contributed by atoms with van der Waals surface area (Å²) in [5.41, 5.74) is 1.49. The number of hydrogen-bond donors (Lipinski definition) is 0. The first-order valence-electron chi connectivity index (χ1n) is 5.86. The summed E-state index contributed by atoms with van der Waals surface area (Å²) in [5, 5.41) is 0.681. The minimum Gasteiger partial charge on any atom is -0.207 e. The molecule has 4 heteroatoms. The van der Waals surface area contributed by atoms with Crippen molar-refractivity contribution in [1.82, 2.24) is 0 Å². The maximum absolute atomic E-state index is 13.5. The summed E-state index contributed by atoms with van der Waals surface area (Å²) in [6, 6.07) is 9.48. The van der Waals surface area contributed by atoms with Gasteiger partial charge in [0.15, 0.2) is 0 Å². The Kier molecular flexibility index (Phi) is 4.83. The van der Waals surface area contributed by atoms with Gasteiger partial charge >= 0.3 is 0 Å². The summed E-state index contributed by atoms with van der Waals surface area (Å²) >= 11 is 7.76. The number of aryl methyl sites for hydroxylation is 2. The average molecular weight is 299 g/mol. The Labute approximate surface area is 120 Å². The van der Waals surface area contributed by atoms with E-state index >= 15 is 0 Å². The fourth-order valence-corrected chi connectivity index (χ4v) is 2.54. The fraction of sp³-hybridized carbons (Fsp3) is 0.200. The number of hydrogen-bond acceptors (Lipinski definition) is 1. The van der Waals surface area contributed by atoms with E-state index in [1.54, 1.807) is 11.8 Å². The molecule has 0 aromatic heterocycles. The lowest BCUT2D eigenvalue weighted by atomic mass is 10.0. The SMILES string of the molecule is CSc1ccc(Cl)c(CCc2ccc(F)cc2F)c1. The highest BCUT2D eigenvalue weighted by Crippen LogP contribution is 2.24. The normalized spacial score (nSPS) is 10.7. The highest BCUT2D eigenvalue weighted by atomic mass is 35.5. The van der Waals surface area contributed by atoms with Crippen molar-refractivity contribution in [2.45, 2.75) is 17.7 Å². The van der Waals surface area contributed by atoms with Gasteiger partial charge in [0.2, 0.25) is 0 Å². The van der Waals surface area contributed by atoms with Gasteiger partial charge in [0.1, 0.15) is 11.6 Å². The van der Waals surface area contributed by atoms with Gasteiger partial charge in [0.05, 0.1) is 0 Å². The molecule has 2 rings (SSSR count). The van der Waals surface area contributed by atoms with Crippen LogP contribution in [0.2, 0.25) is 5.02 Å². The lowest BCUT2D eigenvalue weighted by Crippen LogP contribution is -1.96. The number of benzene rings is 2. The summed E-state index contributed by atoms with van der Waals surface area (Å²) in [6.45, 7) is 0. The first-order chi connectivity index (χ1) is 9.10. The maximum Gasteiger partial charge on any atom is 0.129 e. The molecule has 0 N–H and O–H groups in total. The van der Waals surface area contributed by atoms with Gasteiger partial charge in [-0.3, -0.25) is 0 Å². The Morgan fingerprint density at radius 2 is 1.74 bits per heavy atom. The van der Waals surface area contributed by atoms with Crippen molar-refractivity contribution < 1.29 is 8.78 Å². The minimum absolute atomic E-state index is 0.503. The zero-order valence-corrected chi connectivity index (χ0v) is 12.0. The molecule has 0 atom stereocenters. The molecule has 0 unspecified atom stereocenters. The van der Waals surface area contributed by atoms with Crippen molar-refractivity contribution in [3.05, 3.63) is 64.2 Å². The second-order valence-corrected chi connectivity index (χ2v) is 5.48. The van der Waals surface area contributed by atoms with E-state index in [0.29, 0.717) is 23.4 Å². The summed E-state index contributed by atoms with van der Waals surface area (Å²) < 4.78 is 26.3. The van der Waals surface area contributed by atoms with Gasteiger partial charge in [-0.15, -0.1) is 11.8 Å². The zero-order valence-electron chi connectivity index (χ0n) is 10.4. The summed E-state index contributed by atoms with van der Waals surface area (Å²) in [4.78, 5) is 1.12. The molecule has 0 saturated heterocycles. The molecule has 0 bridgehead atoms. The van der Waals surface area contributed by atoms with Gasteiger partial charge in [0, 0.05) is 16.0 Å². The van der Waals surface area contributed by atoms with Crippen LogP contribution in [0.1, 0.15) is 11.1 Å². The Hall–Kier alpha value is -1.06. The zero-order chi connectivity index (χ0) is 13.8. The first-order valence-corrected chi connectivity index (χ1v) is 7.47. The van der Waals surface area contributed by atoms with Crippen LogP contribution in [0.4, 0.5) is 8.78 Å². The maximum atomic E-state index is 13.5. The lowest BCUT2D eigenvalue weighted by Gasteiger charge is -2.07. The van der Waals surface area contributed by atoms with Gasteiger partial charge in [-0.25, -0.2) is 8.78 Å². The lowest BCUT2D eigenvalue weighted by molar-refractivity contribution is 0.571. The van der Waals surface area contributed by atoms with Crippen LogP contribution >= 0.6 is 23.4 Å². The summed E-state index contributed by atoms with van der Waals surface area (Å²) in [6.07, 6.45) is 3.13. The second kappa shape index (κ2) is 6.40. The molecule has 2 aromatic carbocycles.